The van der Waals surface area contributed by atoms with Gasteiger partial charge < -0.3 is 20.4 Å². The average molecular weight is 761 g/mol. The number of hydrogen-bond donors (Lipinski definition) is 4. The zero-order valence-electron chi connectivity index (χ0n) is 35.3. The second-order valence-electron chi connectivity index (χ2n) is 17.5. The minimum atomic E-state index is -0.0639. The lowest BCUT2D eigenvalue weighted by atomic mass is 9.66. The van der Waals surface area contributed by atoms with Gasteiger partial charge in [-0.25, -0.2) is 0 Å². The molecule has 0 radical (unpaired) electrons. The minimum absolute atomic E-state index is 0.0272. The summed E-state index contributed by atoms with van der Waals surface area (Å²) in [5.74, 6) is 1.48. The van der Waals surface area contributed by atoms with E-state index in [4.69, 9.17) is 0 Å². The Morgan fingerprint density at radius 1 is 0.304 bits per heavy atom. The van der Waals surface area contributed by atoms with E-state index in [1.54, 1.807) is 0 Å². The Kier molecular flexibility index (Phi) is 16.2. The van der Waals surface area contributed by atoms with E-state index >= 15 is 0 Å². The molecule has 0 unspecified atom stereocenters. The molecule has 2 saturated carbocycles. The maximum Gasteiger partial charge on any atom is 0.121 e. The first-order valence-electron chi connectivity index (χ1n) is 22.3. The third-order valence-corrected chi connectivity index (χ3v) is 13.3. The van der Waals surface area contributed by atoms with Crippen molar-refractivity contribution in [3.8, 4) is 23.0 Å². The fraction of sp³-hybridized carbons (Fsp3) is 0.538. The highest BCUT2D eigenvalue weighted by atomic mass is 16.3. The molecule has 2 aliphatic carbocycles. The van der Waals surface area contributed by atoms with Crippen LogP contribution in [0.4, 0.5) is 0 Å². The summed E-state index contributed by atoms with van der Waals surface area (Å²) in [5.41, 5.74) is 8.99. The van der Waals surface area contributed by atoms with Crippen molar-refractivity contribution in [2.75, 3.05) is 0 Å². The van der Waals surface area contributed by atoms with Gasteiger partial charge in [0.15, 0.2) is 0 Å². The lowest BCUT2D eigenvalue weighted by Gasteiger charge is -2.37. The van der Waals surface area contributed by atoms with E-state index in [-0.39, 0.29) is 10.8 Å². The standard InChI is InChI=1S/C28H40O2.C24H32O2/c1-20-16-24(17-21(2)26(20)29)28(25-18-22(3)27(30)23(4)19-25)14-12-10-8-6-5-7-9-11-13-15-28;25-22-14-10-20(11-15-22)24(21-12-16-23(26)17-13-21)18-8-6-4-2-1-3-5-7-9-19-24/h16-19,29-30H,5-15H2,1-4H3;10-17,25-26H,1-9,18-19H2. The molecule has 0 atom stereocenters. The summed E-state index contributed by atoms with van der Waals surface area (Å²) in [4.78, 5) is 0. The van der Waals surface area contributed by atoms with E-state index in [1.807, 2.05) is 52.0 Å². The summed E-state index contributed by atoms with van der Waals surface area (Å²) in [7, 11) is 0. The largest absolute Gasteiger partial charge is 0.508 e. The van der Waals surface area contributed by atoms with Crippen molar-refractivity contribution < 1.29 is 20.4 Å². The SMILES string of the molecule is Cc1cc(C2(c3cc(C)c(O)c(C)c3)CCCCCCCCCCC2)cc(C)c1O.Oc1ccc(C2(c3ccc(O)cc3)CCCCCCCCCCC2)cc1. The van der Waals surface area contributed by atoms with Gasteiger partial charge in [-0.05, 0) is 122 Å². The van der Waals surface area contributed by atoms with Crippen LogP contribution in [0.2, 0.25) is 0 Å². The predicted molar refractivity (Wildman–Crippen MR) is 235 cm³/mol. The van der Waals surface area contributed by atoms with Crippen LogP contribution in [-0.4, -0.2) is 20.4 Å². The Balaban J connectivity index is 0.000000216. The highest BCUT2D eigenvalue weighted by Gasteiger charge is 2.36. The first kappa shape index (κ1) is 43.2. The molecule has 56 heavy (non-hydrogen) atoms. The van der Waals surface area contributed by atoms with Crippen LogP contribution in [0.5, 0.6) is 23.0 Å². The Labute approximate surface area is 339 Å². The third kappa shape index (κ3) is 11.1. The van der Waals surface area contributed by atoms with Crippen molar-refractivity contribution >= 4 is 0 Å². The predicted octanol–water partition coefficient (Wildman–Crippen LogP) is 14.6. The van der Waals surface area contributed by atoms with E-state index in [0.29, 0.717) is 23.0 Å². The van der Waals surface area contributed by atoms with Crippen LogP contribution >= 0.6 is 0 Å². The van der Waals surface area contributed by atoms with E-state index in [2.05, 4.69) is 48.5 Å². The van der Waals surface area contributed by atoms with Gasteiger partial charge in [-0.15, -0.1) is 0 Å². The molecule has 0 heterocycles. The highest BCUT2D eigenvalue weighted by molar-refractivity contribution is 5.52. The van der Waals surface area contributed by atoms with Crippen molar-refractivity contribution in [1.82, 2.24) is 0 Å². The Morgan fingerprint density at radius 3 is 0.768 bits per heavy atom. The van der Waals surface area contributed by atoms with E-state index < -0.39 is 0 Å². The molecule has 4 N–H and O–H groups in total. The Morgan fingerprint density at radius 2 is 0.518 bits per heavy atom. The Hall–Kier alpha value is -3.92. The molecule has 0 spiro atoms. The monoisotopic (exact) mass is 761 g/mol. The van der Waals surface area contributed by atoms with E-state index in [0.717, 1.165) is 47.9 Å². The van der Waals surface area contributed by atoms with Crippen LogP contribution in [-0.2, 0) is 10.8 Å². The van der Waals surface area contributed by atoms with Gasteiger partial charge in [-0.1, -0.05) is 164 Å². The molecule has 4 aromatic carbocycles. The van der Waals surface area contributed by atoms with Crippen LogP contribution in [0, 0.1) is 27.7 Å². The molecule has 0 bridgehead atoms. The van der Waals surface area contributed by atoms with Gasteiger partial charge in [-0.3, -0.25) is 0 Å². The van der Waals surface area contributed by atoms with Gasteiger partial charge in [0.1, 0.15) is 23.0 Å². The van der Waals surface area contributed by atoms with Crippen LogP contribution < -0.4 is 0 Å². The van der Waals surface area contributed by atoms with E-state index in [9.17, 15) is 20.4 Å². The topological polar surface area (TPSA) is 80.9 Å². The zero-order valence-corrected chi connectivity index (χ0v) is 35.3. The second-order valence-corrected chi connectivity index (χ2v) is 17.5. The Bertz CT molecular complexity index is 1610. The van der Waals surface area contributed by atoms with Crippen molar-refractivity contribution in [1.29, 1.82) is 0 Å². The molecule has 0 amide bonds. The quantitative estimate of drug-likeness (QED) is 0.167. The van der Waals surface area contributed by atoms with E-state index in [1.165, 1.54) is 138 Å². The molecule has 0 aliphatic heterocycles. The van der Waals surface area contributed by atoms with Gasteiger partial charge in [-0.2, -0.15) is 0 Å². The second kappa shape index (κ2) is 21.0. The summed E-state index contributed by atoms with van der Waals surface area (Å²) < 4.78 is 0. The van der Waals surface area contributed by atoms with Gasteiger partial charge in [0.2, 0.25) is 0 Å². The van der Waals surface area contributed by atoms with Crippen molar-refractivity contribution in [3.05, 3.63) is 117 Å². The number of phenolic OH excluding ortho intramolecular Hbond substituents is 4. The fourth-order valence-electron chi connectivity index (χ4n) is 9.95. The maximum atomic E-state index is 10.4. The van der Waals surface area contributed by atoms with Gasteiger partial charge in [0.05, 0.1) is 0 Å². The third-order valence-electron chi connectivity index (χ3n) is 13.3. The fourth-order valence-corrected chi connectivity index (χ4v) is 9.95. The summed E-state index contributed by atoms with van der Waals surface area (Å²) in [5, 5.41) is 40.4. The van der Waals surface area contributed by atoms with Gasteiger partial charge in [0, 0.05) is 10.8 Å². The molecule has 4 heteroatoms. The number of aryl methyl sites for hydroxylation is 4. The van der Waals surface area contributed by atoms with Gasteiger partial charge in [0.25, 0.3) is 0 Å². The highest BCUT2D eigenvalue weighted by Crippen LogP contribution is 2.46. The number of hydrogen-bond acceptors (Lipinski definition) is 4. The molecule has 0 saturated heterocycles. The summed E-state index contributed by atoms with van der Waals surface area (Å²) in [6.07, 6.45) is 28.1. The first-order valence-corrected chi connectivity index (χ1v) is 22.3. The van der Waals surface area contributed by atoms with Crippen LogP contribution in [0.1, 0.15) is 186 Å². The molecule has 2 aliphatic rings. The smallest absolute Gasteiger partial charge is 0.121 e. The van der Waals surface area contributed by atoms with Crippen LogP contribution in [0.3, 0.4) is 0 Å². The molecule has 6 rings (SSSR count). The van der Waals surface area contributed by atoms with Crippen molar-refractivity contribution in [2.24, 2.45) is 0 Å². The van der Waals surface area contributed by atoms with Crippen molar-refractivity contribution in [3.63, 3.8) is 0 Å². The minimum Gasteiger partial charge on any atom is -0.508 e. The molecular weight excluding hydrogens is 689 g/mol. The normalized spacial score (nSPS) is 18.8. The molecular formula is C52H72O4. The summed E-state index contributed by atoms with van der Waals surface area (Å²) in [6.45, 7) is 8.06. The molecule has 4 aromatic rings. The van der Waals surface area contributed by atoms with Crippen molar-refractivity contribution in [2.45, 2.75) is 180 Å². The van der Waals surface area contributed by atoms with Crippen LogP contribution in [0.25, 0.3) is 0 Å². The number of benzene rings is 4. The molecule has 2 fully saturated rings. The lowest BCUT2D eigenvalue weighted by molar-refractivity contribution is 0.380. The lowest BCUT2D eigenvalue weighted by Crippen LogP contribution is -2.29. The summed E-state index contributed by atoms with van der Waals surface area (Å²) >= 11 is 0. The average Bonchev–Trinajstić information content (AvgIpc) is 3.17. The number of aromatic hydroxyl groups is 4. The molecule has 0 aromatic heterocycles. The maximum absolute atomic E-state index is 10.4. The number of rotatable bonds is 4. The van der Waals surface area contributed by atoms with Crippen LogP contribution in [0.15, 0.2) is 72.8 Å². The zero-order chi connectivity index (χ0) is 40.0. The summed E-state index contributed by atoms with van der Waals surface area (Å²) in [6, 6.07) is 24.5. The van der Waals surface area contributed by atoms with Gasteiger partial charge >= 0.3 is 0 Å². The molecule has 304 valence electrons. The molecule has 4 nitrogen and oxygen atoms in total. The first-order chi connectivity index (χ1) is 27.1. The number of phenols is 4.